The maximum absolute atomic E-state index is 5.69. The van der Waals surface area contributed by atoms with Crippen molar-refractivity contribution in [3.63, 3.8) is 0 Å². The molecule has 0 aliphatic heterocycles. The number of nitrogen functional groups attached to an aromatic ring is 1. The van der Waals surface area contributed by atoms with Gasteiger partial charge in [0, 0.05) is 12.2 Å². The summed E-state index contributed by atoms with van der Waals surface area (Å²) < 4.78 is 2.17. The molecule has 0 aliphatic rings. The summed E-state index contributed by atoms with van der Waals surface area (Å²) in [5.74, 6) is 0.630. The standard InChI is InChI=1S/C11H15N3/c1-8(2)6-14-7-13-10-5-9(12)3-4-11(10)14/h3-5,7-8H,6,12H2,1-2H3. The fraction of sp³-hybridized carbons (Fsp3) is 0.364. The molecule has 3 heteroatoms. The monoisotopic (exact) mass is 189 g/mol. The molecule has 74 valence electrons. The zero-order valence-corrected chi connectivity index (χ0v) is 8.57. The van der Waals surface area contributed by atoms with Crippen LogP contribution in [0, 0.1) is 5.92 Å². The van der Waals surface area contributed by atoms with Crippen LogP contribution in [0.15, 0.2) is 24.5 Å². The van der Waals surface area contributed by atoms with Gasteiger partial charge in [-0.1, -0.05) is 13.8 Å². The van der Waals surface area contributed by atoms with Crippen LogP contribution in [0.4, 0.5) is 5.69 Å². The predicted molar refractivity (Wildman–Crippen MR) is 59.0 cm³/mol. The van der Waals surface area contributed by atoms with E-state index in [1.807, 2.05) is 24.5 Å². The fourth-order valence-corrected chi connectivity index (χ4v) is 1.62. The maximum Gasteiger partial charge on any atom is 0.0958 e. The van der Waals surface area contributed by atoms with E-state index in [1.54, 1.807) is 0 Å². The highest BCUT2D eigenvalue weighted by molar-refractivity contribution is 5.78. The van der Waals surface area contributed by atoms with Crippen molar-refractivity contribution in [3.05, 3.63) is 24.5 Å². The second-order valence-electron chi connectivity index (χ2n) is 4.04. The van der Waals surface area contributed by atoms with Crippen molar-refractivity contribution in [3.8, 4) is 0 Å². The minimum absolute atomic E-state index is 0.630. The third-order valence-corrected chi connectivity index (χ3v) is 2.21. The van der Waals surface area contributed by atoms with Gasteiger partial charge < -0.3 is 10.3 Å². The number of nitrogens with two attached hydrogens (primary N) is 1. The van der Waals surface area contributed by atoms with Crippen molar-refractivity contribution in [1.29, 1.82) is 0 Å². The summed E-state index contributed by atoms with van der Waals surface area (Å²) in [6, 6.07) is 5.85. The zero-order chi connectivity index (χ0) is 10.1. The Morgan fingerprint density at radius 3 is 2.93 bits per heavy atom. The second kappa shape index (κ2) is 3.33. The molecular formula is C11H15N3. The van der Waals surface area contributed by atoms with Crippen molar-refractivity contribution < 1.29 is 0 Å². The number of hydrogen-bond acceptors (Lipinski definition) is 2. The largest absolute Gasteiger partial charge is 0.399 e. The average molecular weight is 189 g/mol. The zero-order valence-electron chi connectivity index (χ0n) is 8.57. The van der Waals surface area contributed by atoms with Gasteiger partial charge in [0.2, 0.25) is 0 Å². The van der Waals surface area contributed by atoms with Crippen LogP contribution >= 0.6 is 0 Å². The minimum atomic E-state index is 0.630. The Balaban J connectivity index is 2.47. The van der Waals surface area contributed by atoms with Crippen LogP contribution in [0.25, 0.3) is 11.0 Å². The summed E-state index contributed by atoms with van der Waals surface area (Å²) in [5.41, 5.74) is 8.59. The van der Waals surface area contributed by atoms with E-state index in [4.69, 9.17) is 5.73 Å². The highest BCUT2D eigenvalue weighted by atomic mass is 15.0. The van der Waals surface area contributed by atoms with Gasteiger partial charge in [0.15, 0.2) is 0 Å². The van der Waals surface area contributed by atoms with E-state index >= 15 is 0 Å². The lowest BCUT2D eigenvalue weighted by atomic mass is 10.2. The van der Waals surface area contributed by atoms with Crippen molar-refractivity contribution in [2.45, 2.75) is 20.4 Å². The molecule has 0 atom stereocenters. The molecule has 2 rings (SSSR count). The fourth-order valence-electron chi connectivity index (χ4n) is 1.62. The SMILES string of the molecule is CC(C)Cn1cnc2cc(N)ccc21. The first-order valence-electron chi connectivity index (χ1n) is 4.87. The quantitative estimate of drug-likeness (QED) is 0.736. The van der Waals surface area contributed by atoms with Crippen LogP contribution in [-0.2, 0) is 6.54 Å². The first-order valence-corrected chi connectivity index (χ1v) is 4.87. The third-order valence-electron chi connectivity index (χ3n) is 2.21. The van der Waals surface area contributed by atoms with Crippen molar-refractivity contribution in [1.82, 2.24) is 9.55 Å². The first-order chi connectivity index (χ1) is 6.66. The Morgan fingerprint density at radius 2 is 2.21 bits per heavy atom. The molecule has 1 aromatic carbocycles. The molecule has 1 aromatic heterocycles. The topological polar surface area (TPSA) is 43.8 Å². The molecule has 0 saturated heterocycles. The molecule has 0 aliphatic carbocycles. The molecule has 0 bridgehead atoms. The van der Waals surface area contributed by atoms with Gasteiger partial charge in [-0.2, -0.15) is 0 Å². The Morgan fingerprint density at radius 1 is 1.43 bits per heavy atom. The van der Waals surface area contributed by atoms with Crippen LogP contribution in [0.1, 0.15) is 13.8 Å². The summed E-state index contributed by atoms with van der Waals surface area (Å²) >= 11 is 0. The van der Waals surface area contributed by atoms with Gasteiger partial charge in [0.25, 0.3) is 0 Å². The van der Waals surface area contributed by atoms with Crippen molar-refractivity contribution in [2.24, 2.45) is 5.92 Å². The Hall–Kier alpha value is -1.51. The summed E-state index contributed by atoms with van der Waals surface area (Å²) in [4.78, 5) is 4.32. The molecule has 0 radical (unpaired) electrons. The number of anilines is 1. The van der Waals surface area contributed by atoms with Gasteiger partial charge in [0.05, 0.1) is 17.4 Å². The second-order valence-corrected chi connectivity index (χ2v) is 4.04. The summed E-state index contributed by atoms with van der Waals surface area (Å²) in [5, 5.41) is 0. The van der Waals surface area contributed by atoms with Crippen LogP contribution in [0.5, 0.6) is 0 Å². The van der Waals surface area contributed by atoms with Crippen LogP contribution < -0.4 is 5.73 Å². The summed E-state index contributed by atoms with van der Waals surface area (Å²) in [6.45, 7) is 5.40. The minimum Gasteiger partial charge on any atom is -0.399 e. The number of fused-ring (bicyclic) bond motifs is 1. The van der Waals surface area contributed by atoms with Gasteiger partial charge in [-0.3, -0.25) is 0 Å². The molecule has 1 heterocycles. The first kappa shape index (κ1) is 9.06. The van der Waals surface area contributed by atoms with Crippen molar-refractivity contribution >= 4 is 16.7 Å². The number of imidazole rings is 1. The van der Waals surface area contributed by atoms with Gasteiger partial charge in [0.1, 0.15) is 0 Å². The van der Waals surface area contributed by atoms with E-state index in [-0.39, 0.29) is 0 Å². The summed E-state index contributed by atoms with van der Waals surface area (Å²) in [6.07, 6.45) is 1.88. The van der Waals surface area contributed by atoms with Crippen LogP contribution in [-0.4, -0.2) is 9.55 Å². The Bertz CT molecular complexity index is 443. The number of hydrogen-bond donors (Lipinski definition) is 1. The van der Waals surface area contributed by atoms with E-state index in [9.17, 15) is 0 Å². The smallest absolute Gasteiger partial charge is 0.0958 e. The molecule has 2 aromatic rings. The van der Waals surface area contributed by atoms with E-state index in [0.717, 1.165) is 23.3 Å². The molecule has 0 unspecified atom stereocenters. The highest BCUT2D eigenvalue weighted by Gasteiger charge is 2.03. The number of aromatic nitrogens is 2. The molecule has 0 amide bonds. The van der Waals surface area contributed by atoms with Gasteiger partial charge in [-0.15, -0.1) is 0 Å². The van der Waals surface area contributed by atoms with E-state index < -0.39 is 0 Å². The van der Waals surface area contributed by atoms with Crippen LogP contribution in [0.3, 0.4) is 0 Å². The summed E-state index contributed by atoms with van der Waals surface area (Å²) in [7, 11) is 0. The van der Waals surface area contributed by atoms with Crippen molar-refractivity contribution in [2.75, 3.05) is 5.73 Å². The molecule has 0 spiro atoms. The van der Waals surface area contributed by atoms with Gasteiger partial charge >= 0.3 is 0 Å². The van der Waals surface area contributed by atoms with E-state index in [1.165, 1.54) is 0 Å². The molecule has 0 saturated carbocycles. The lowest BCUT2D eigenvalue weighted by Crippen LogP contribution is -2.02. The average Bonchev–Trinajstić information content (AvgIpc) is 2.47. The third kappa shape index (κ3) is 1.58. The normalized spacial score (nSPS) is 11.4. The highest BCUT2D eigenvalue weighted by Crippen LogP contribution is 2.16. The predicted octanol–water partition coefficient (Wildman–Crippen LogP) is 2.27. The van der Waals surface area contributed by atoms with E-state index in [2.05, 4.69) is 23.4 Å². The molecular weight excluding hydrogens is 174 g/mol. The van der Waals surface area contributed by atoms with Crippen LogP contribution in [0.2, 0.25) is 0 Å². The van der Waals surface area contributed by atoms with Gasteiger partial charge in [-0.05, 0) is 24.1 Å². The molecule has 3 nitrogen and oxygen atoms in total. The molecule has 14 heavy (non-hydrogen) atoms. The van der Waals surface area contributed by atoms with Gasteiger partial charge in [-0.25, -0.2) is 4.98 Å². The Kier molecular flexibility index (Phi) is 2.15. The lowest BCUT2D eigenvalue weighted by molar-refractivity contribution is 0.533. The number of benzene rings is 1. The number of nitrogens with zero attached hydrogens (tertiary/aromatic N) is 2. The molecule has 2 N–H and O–H groups in total. The molecule has 0 fully saturated rings. The Labute approximate surface area is 83.6 Å². The number of rotatable bonds is 2. The maximum atomic E-state index is 5.69. The lowest BCUT2D eigenvalue weighted by Gasteiger charge is -2.06. The van der Waals surface area contributed by atoms with E-state index in [0.29, 0.717) is 5.92 Å².